The van der Waals surface area contributed by atoms with Crippen molar-refractivity contribution < 1.29 is 77.9 Å². The van der Waals surface area contributed by atoms with Crippen LogP contribution in [0.5, 0.6) is 0 Å². The summed E-state index contributed by atoms with van der Waals surface area (Å²) >= 11 is 3.38. The largest absolute Gasteiger partial charge is 1.00 e. The van der Waals surface area contributed by atoms with Crippen LogP contribution >= 0.6 is 15.9 Å². The van der Waals surface area contributed by atoms with Crippen LogP contribution in [0, 0.1) is 17.8 Å². The average Bonchev–Trinajstić information content (AvgIpc) is 3.75. The SMILES string of the molecule is BrCC1CC1.CCO.CCOC(=O)C(CC1CC1)C(=O)OCC.CCOC(=O)CC(=O)OCC.CC[O-].[Na+]. The van der Waals surface area contributed by atoms with Gasteiger partial charge in [0.05, 0.1) is 26.4 Å². The first-order valence-corrected chi connectivity index (χ1v) is 14.2. The van der Waals surface area contributed by atoms with E-state index >= 15 is 0 Å². The molecule has 2 rings (SSSR count). The van der Waals surface area contributed by atoms with Gasteiger partial charge in [-0.2, -0.15) is 0 Å². The maximum Gasteiger partial charge on any atom is 1.00 e. The van der Waals surface area contributed by atoms with E-state index in [1.165, 1.54) is 18.2 Å². The molecule has 220 valence electrons. The number of hydrogen-bond acceptors (Lipinski definition) is 10. The molecular formula is C26H48BrNaO10. The van der Waals surface area contributed by atoms with Gasteiger partial charge in [0.15, 0.2) is 5.92 Å². The molecule has 0 atom stereocenters. The minimum Gasteiger partial charge on any atom is -0.855 e. The Morgan fingerprint density at radius 3 is 1.29 bits per heavy atom. The Hall–Kier alpha value is -0.720. The maximum atomic E-state index is 11.5. The van der Waals surface area contributed by atoms with E-state index < -0.39 is 29.8 Å². The Labute approximate surface area is 259 Å². The smallest absolute Gasteiger partial charge is 0.855 e. The second-order valence-electron chi connectivity index (χ2n) is 7.73. The fourth-order valence-corrected chi connectivity index (χ4v) is 2.92. The summed E-state index contributed by atoms with van der Waals surface area (Å²) < 4.78 is 18.8. The normalized spacial score (nSPS) is 12.6. The maximum absolute atomic E-state index is 11.5. The standard InChI is InChI=1S/C11H18O4.C7H12O4.C4H7Br.C2H6O.C2H5O.Na/c1-3-14-10(12)9(7-8-5-6-8)11(13)15-4-2;1-3-10-6(8)5-7(9)11-4-2;5-3-4-1-2-4;2*1-2-3;/h8-9H,3-7H2,1-2H3;3-5H2,1-2H3;4H,1-3H2;3H,2H2,1H3;2H2,1H3;/q;;;;-1;+1. The van der Waals surface area contributed by atoms with Crippen LogP contribution in [-0.2, 0) is 38.1 Å². The summed E-state index contributed by atoms with van der Waals surface area (Å²) in [6, 6.07) is 0. The van der Waals surface area contributed by atoms with Crippen LogP contribution in [0.15, 0.2) is 0 Å². The summed E-state index contributed by atoms with van der Waals surface area (Å²) in [6.07, 6.45) is 5.43. The van der Waals surface area contributed by atoms with E-state index in [9.17, 15) is 19.2 Å². The van der Waals surface area contributed by atoms with E-state index in [0.29, 0.717) is 25.6 Å². The summed E-state index contributed by atoms with van der Waals surface area (Å²) in [7, 11) is 0. The molecule has 0 amide bonds. The van der Waals surface area contributed by atoms with Gasteiger partial charge >= 0.3 is 53.4 Å². The van der Waals surface area contributed by atoms with Gasteiger partial charge in [-0.15, -0.1) is 6.61 Å². The number of aliphatic hydroxyl groups is 1. The van der Waals surface area contributed by atoms with Crippen molar-refractivity contribution in [2.24, 2.45) is 17.8 Å². The van der Waals surface area contributed by atoms with Crippen molar-refractivity contribution in [3.05, 3.63) is 0 Å². The zero-order valence-electron chi connectivity index (χ0n) is 24.4. The number of ether oxygens (including phenoxy) is 4. The number of alkyl halides is 1. The van der Waals surface area contributed by atoms with Gasteiger partial charge in [-0.3, -0.25) is 19.2 Å². The molecule has 2 saturated carbocycles. The summed E-state index contributed by atoms with van der Waals surface area (Å²) in [5.74, 6) is -1.11. The summed E-state index contributed by atoms with van der Waals surface area (Å²) in [6.45, 7) is 11.5. The first-order valence-electron chi connectivity index (χ1n) is 13.0. The number of hydrogen-bond donors (Lipinski definition) is 1. The molecule has 1 N–H and O–H groups in total. The van der Waals surface area contributed by atoms with E-state index in [0.717, 1.165) is 18.8 Å². The first kappa shape index (κ1) is 44.3. The molecule has 0 bridgehead atoms. The van der Waals surface area contributed by atoms with Crippen molar-refractivity contribution in [2.75, 3.05) is 45.0 Å². The molecule has 12 heteroatoms. The predicted molar refractivity (Wildman–Crippen MR) is 142 cm³/mol. The molecule has 2 aliphatic rings. The minimum absolute atomic E-state index is 0. The molecule has 0 aromatic heterocycles. The van der Waals surface area contributed by atoms with Gasteiger partial charge in [-0.25, -0.2) is 0 Å². The van der Waals surface area contributed by atoms with Crippen LogP contribution in [0.1, 0.15) is 80.1 Å². The Morgan fingerprint density at radius 1 is 0.763 bits per heavy atom. The second-order valence-corrected chi connectivity index (χ2v) is 8.37. The van der Waals surface area contributed by atoms with Crippen molar-refractivity contribution in [1.82, 2.24) is 0 Å². The number of rotatable bonds is 11. The van der Waals surface area contributed by atoms with E-state index in [-0.39, 0.29) is 62.4 Å². The molecule has 10 nitrogen and oxygen atoms in total. The Balaban J connectivity index is -0.000000219. The predicted octanol–water partition coefficient (Wildman–Crippen LogP) is 0.192. The molecule has 2 fully saturated rings. The van der Waals surface area contributed by atoms with E-state index in [4.69, 9.17) is 19.7 Å². The molecule has 0 radical (unpaired) electrons. The molecule has 0 unspecified atom stereocenters. The number of esters is 4. The molecule has 2 aliphatic carbocycles. The van der Waals surface area contributed by atoms with Crippen molar-refractivity contribution >= 4 is 39.8 Å². The van der Waals surface area contributed by atoms with Gasteiger partial charge in [-0.05, 0) is 65.7 Å². The molecule has 0 aromatic rings. The fraction of sp³-hybridized carbons (Fsp3) is 0.846. The number of aliphatic hydroxyl groups excluding tert-OH is 1. The zero-order valence-corrected chi connectivity index (χ0v) is 28.0. The molecule has 38 heavy (non-hydrogen) atoms. The van der Waals surface area contributed by atoms with Crippen molar-refractivity contribution in [2.45, 2.75) is 80.1 Å². The van der Waals surface area contributed by atoms with Gasteiger partial charge in [0, 0.05) is 11.9 Å². The quantitative estimate of drug-likeness (QED) is 0.111. The van der Waals surface area contributed by atoms with Gasteiger partial charge in [0.2, 0.25) is 0 Å². The van der Waals surface area contributed by atoms with Gasteiger partial charge in [0.25, 0.3) is 0 Å². The minimum atomic E-state index is -0.711. The van der Waals surface area contributed by atoms with Crippen LogP contribution in [0.4, 0.5) is 0 Å². The Morgan fingerprint density at radius 2 is 1.08 bits per heavy atom. The van der Waals surface area contributed by atoms with Gasteiger partial charge in [0.1, 0.15) is 6.42 Å². The van der Waals surface area contributed by atoms with Crippen LogP contribution < -0.4 is 34.7 Å². The van der Waals surface area contributed by atoms with Crippen molar-refractivity contribution in [1.29, 1.82) is 0 Å². The van der Waals surface area contributed by atoms with E-state index in [1.54, 1.807) is 41.5 Å². The second kappa shape index (κ2) is 32.5. The number of halogens is 1. The molecular weight excluding hydrogens is 575 g/mol. The van der Waals surface area contributed by atoms with Gasteiger partial charge in [-0.1, -0.05) is 35.7 Å². The first-order chi connectivity index (χ1) is 17.6. The van der Waals surface area contributed by atoms with E-state index in [2.05, 4.69) is 25.4 Å². The third-order valence-electron chi connectivity index (χ3n) is 4.22. The summed E-state index contributed by atoms with van der Waals surface area (Å²) in [5.41, 5.74) is 0. The summed E-state index contributed by atoms with van der Waals surface area (Å²) in [5, 5.41) is 17.7. The zero-order chi connectivity index (χ0) is 29.1. The van der Waals surface area contributed by atoms with Gasteiger partial charge < -0.3 is 29.2 Å². The monoisotopic (exact) mass is 622 g/mol. The third kappa shape index (κ3) is 33.3. The van der Waals surface area contributed by atoms with Crippen LogP contribution in [0.2, 0.25) is 0 Å². The third-order valence-corrected chi connectivity index (χ3v) is 5.14. The number of carbonyl (C=O) groups is 4. The topological polar surface area (TPSA) is 148 Å². The molecule has 0 aromatic carbocycles. The van der Waals surface area contributed by atoms with Crippen molar-refractivity contribution in [3.63, 3.8) is 0 Å². The Bertz CT molecular complexity index is 548. The van der Waals surface area contributed by atoms with Crippen LogP contribution in [0.25, 0.3) is 0 Å². The molecule has 0 aliphatic heterocycles. The molecule has 0 spiro atoms. The van der Waals surface area contributed by atoms with E-state index in [1.807, 2.05) is 0 Å². The number of carbonyl (C=O) groups excluding carboxylic acids is 4. The van der Waals surface area contributed by atoms with Crippen LogP contribution in [-0.4, -0.2) is 74.0 Å². The fourth-order valence-electron chi connectivity index (χ4n) is 2.28. The van der Waals surface area contributed by atoms with Crippen LogP contribution in [0.3, 0.4) is 0 Å². The Kier molecular flexibility index (Phi) is 37.9. The summed E-state index contributed by atoms with van der Waals surface area (Å²) in [4.78, 5) is 44.2. The molecule has 0 saturated heterocycles. The molecule has 0 heterocycles. The average molecular weight is 624 g/mol. The van der Waals surface area contributed by atoms with Crippen molar-refractivity contribution in [3.8, 4) is 0 Å².